The molecular weight excluding hydrogens is 317 g/mol. The minimum atomic E-state index is -1.49. The van der Waals surface area contributed by atoms with Gasteiger partial charge in [0.15, 0.2) is 23.2 Å². The molecule has 0 aliphatic carbocycles. The largest absolute Gasteiger partial charge is 0.481 e. The number of carboxylic acid groups (broad SMARTS) is 1. The van der Waals surface area contributed by atoms with Gasteiger partial charge in [-0.3, -0.25) is 9.59 Å². The minimum absolute atomic E-state index is 0.0791. The molecule has 0 aliphatic heterocycles. The van der Waals surface area contributed by atoms with Crippen molar-refractivity contribution in [2.75, 3.05) is 0 Å². The molecule has 1 N–H and O–H groups in total. The van der Waals surface area contributed by atoms with Crippen molar-refractivity contribution in [3.63, 3.8) is 0 Å². The Labute approximate surface area is 109 Å². The molecule has 0 heterocycles. The molecule has 1 unspecified atom stereocenters. The summed E-state index contributed by atoms with van der Waals surface area (Å²) in [5.74, 6) is -8.22. The minimum Gasteiger partial charge on any atom is -0.481 e. The van der Waals surface area contributed by atoms with E-state index in [2.05, 4.69) is 15.9 Å². The highest BCUT2D eigenvalue weighted by Crippen LogP contribution is 2.27. The van der Waals surface area contributed by atoms with Crippen LogP contribution in [0, 0.1) is 23.4 Å². The molecule has 0 fully saturated rings. The van der Waals surface area contributed by atoms with Crippen molar-refractivity contribution < 1.29 is 27.9 Å². The molecule has 0 bridgehead atoms. The van der Waals surface area contributed by atoms with Crippen LogP contribution in [-0.4, -0.2) is 16.9 Å². The van der Waals surface area contributed by atoms with Gasteiger partial charge in [0.2, 0.25) is 0 Å². The van der Waals surface area contributed by atoms with Crippen molar-refractivity contribution in [3.8, 4) is 0 Å². The molecule has 0 radical (unpaired) electrons. The number of Topliss-reactive ketones (excluding diaryl/α,β-unsaturated/α-hetero) is 1. The van der Waals surface area contributed by atoms with Crippen LogP contribution in [0.25, 0.3) is 0 Å². The molecule has 0 aromatic heterocycles. The molecule has 0 amide bonds. The average Bonchev–Trinajstić information content (AvgIpc) is 2.31. The molecule has 98 valence electrons. The van der Waals surface area contributed by atoms with Gasteiger partial charge in [0.1, 0.15) is 5.92 Å². The van der Waals surface area contributed by atoms with Crippen molar-refractivity contribution in [3.05, 3.63) is 33.6 Å². The quantitative estimate of drug-likeness (QED) is 0.400. The van der Waals surface area contributed by atoms with Gasteiger partial charge in [0.25, 0.3) is 0 Å². The van der Waals surface area contributed by atoms with Gasteiger partial charge in [0.05, 0.1) is 10.0 Å². The molecule has 0 spiro atoms. The van der Waals surface area contributed by atoms with Crippen LogP contribution in [0.15, 0.2) is 10.5 Å². The summed E-state index contributed by atoms with van der Waals surface area (Å²) in [7, 11) is 0. The Hall–Kier alpha value is -1.37. The number of hydrogen-bond donors (Lipinski definition) is 1. The number of carbonyl (C=O) groups excluding carboxylic acids is 1. The number of carbonyl (C=O) groups is 2. The van der Waals surface area contributed by atoms with E-state index in [-0.39, 0.29) is 6.42 Å². The van der Waals surface area contributed by atoms with Gasteiger partial charge in [-0.25, -0.2) is 13.2 Å². The molecular formula is C11H8BrF3O3. The highest BCUT2D eigenvalue weighted by Gasteiger charge is 2.30. The van der Waals surface area contributed by atoms with E-state index in [4.69, 9.17) is 5.11 Å². The van der Waals surface area contributed by atoms with Gasteiger partial charge in [-0.1, -0.05) is 6.92 Å². The lowest BCUT2D eigenvalue weighted by atomic mass is 9.95. The zero-order chi connectivity index (χ0) is 14.0. The normalized spacial score (nSPS) is 12.3. The fourth-order valence-electron chi connectivity index (χ4n) is 1.41. The molecule has 18 heavy (non-hydrogen) atoms. The van der Waals surface area contributed by atoms with Gasteiger partial charge in [-0.15, -0.1) is 0 Å². The van der Waals surface area contributed by atoms with Crippen molar-refractivity contribution in [2.24, 2.45) is 5.92 Å². The molecule has 1 atom stereocenters. The van der Waals surface area contributed by atoms with E-state index >= 15 is 0 Å². The van der Waals surface area contributed by atoms with E-state index < -0.39 is 45.2 Å². The summed E-state index contributed by atoms with van der Waals surface area (Å²) in [6, 6.07) is 0.364. The van der Waals surface area contributed by atoms with E-state index in [1.165, 1.54) is 6.92 Å². The van der Waals surface area contributed by atoms with Crippen LogP contribution in [-0.2, 0) is 4.79 Å². The Morgan fingerprint density at radius 2 is 1.89 bits per heavy atom. The SMILES string of the molecule is CCC(C(=O)O)C(=O)c1cc(F)c(F)c(Br)c1F. The average molecular weight is 325 g/mol. The molecule has 1 rings (SSSR count). The molecule has 0 aliphatic rings. The van der Waals surface area contributed by atoms with Crippen molar-refractivity contribution in [1.29, 1.82) is 0 Å². The maximum atomic E-state index is 13.6. The summed E-state index contributed by atoms with van der Waals surface area (Å²) in [5.41, 5.74) is -0.782. The maximum absolute atomic E-state index is 13.6. The second-order valence-electron chi connectivity index (χ2n) is 3.51. The van der Waals surface area contributed by atoms with Crippen molar-refractivity contribution in [1.82, 2.24) is 0 Å². The number of rotatable bonds is 4. The first-order valence-electron chi connectivity index (χ1n) is 4.91. The molecule has 1 aromatic rings. The maximum Gasteiger partial charge on any atom is 0.314 e. The van der Waals surface area contributed by atoms with Crippen LogP contribution in [0.3, 0.4) is 0 Å². The number of carboxylic acids is 1. The second-order valence-corrected chi connectivity index (χ2v) is 4.30. The summed E-state index contributed by atoms with van der Waals surface area (Å²) in [6.07, 6.45) is -0.0791. The van der Waals surface area contributed by atoms with E-state index in [0.717, 1.165) is 0 Å². The fraction of sp³-hybridized carbons (Fsp3) is 0.273. The molecule has 1 aromatic carbocycles. The summed E-state index contributed by atoms with van der Waals surface area (Å²) >= 11 is 2.47. The monoisotopic (exact) mass is 324 g/mol. The molecule has 0 saturated carbocycles. The third-order valence-corrected chi connectivity index (χ3v) is 3.09. The lowest BCUT2D eigenvalue weighted by Crippen LogP contribution is -2.24. The highest BCUT2D eigenvalue weighted by atomic mass is 79.9. The number of hydrogen-bond acceptors (Lipinski definition) is 2. The van der Waals surface area contributed by atoms with Gasteiger partial charge < -0.3 is 5.11 Å². The van der Waals surface area contributed by atoms with Gasteiger partial charge in [-0.2, -0.15) is 0 Å². The third kappa shape index (κ3) is 2.55. The summed E-state index contributed by atoms with van der Waals surface area (Å²) in [5, 5.41) is 8.77. The summed E-state index contributed by atoms with van der Waals surface area (Å²) in [6.45, 7) is 1.42. The standard InChI is InChI=1S/C11H8BrF3O3/c1-2-4(11(17)18)10(16)5-3-6(13)9(15)7(12)8(5)14/h3-4H,2H2,1H3,(H,17,18). The second kappa shape index (κ2) is 5.51. The van der Waals surface area contributed by atoms with E-state index in [1.54, 1.807) is 0 Å². The van der Waals surface area contributed by atoms with Gasteiger partial charge in [-0.05, 0) is 28.4 Å². The van der Waals surface area contributed by atoms with Crippen LogP contribution < -0.4 is 0 Å². The van der Waals surface area contributed by atoms with Crippen LogP contribution in [0.2, 0.25) is 0 Å². The number of benzene rings is 1. The number of aliphatic carboxylic acids is 1. The third-order valence-electron chi connectivity index (χ3n) is 2.39. The Kier molecular flexibility index (Phi) is 4.50. The summed E-state index contributed by atoms with van der Waals surface area (Å²) in [4.78, 5) is 22.5. The Bertz CT molecular complexity index is 517. The molecule has 3 nitrogen and oxygen atoms in total. The van der Waals surface area contributed by atoms with E-state index in [9.17, 15) is 22.8 Å². The van der Waals surface area contributed by atoms with Gasteiger partial charge >= 0.3 is 5.97 Å². The predicted octanol–water partition coefficient (Wildman–Crippen LogP) is 3.16. The van der Waals surface area contributed by atoms with Crippen LogP contribution >= 0.6 is 15.9 Å². The number of halogens is 4. The van der Waals surface area contributed by atoms with E-state index in [0.29, 0.717) is 6.07 Å². The fourth-order valence-corrected chi connectivity index (χ4v) is 1.82. The first-order chi connectivity index (χ1) is 8.31. The zero-order valence-corrected chi connectivity index (χ0v) is 10.7. The van der Waals surface area contributed by atoms with Crippen LogP contribution in [0.4, 0.5) is 13.2 Å². The Morgan fingerprint density at radius 1 is 1.33 bits per heavy atom. The van der Waals surface area contributed by atoms with Crippen LogP contribution in [0.1, 0.15) is 23.7 Å². The molecule has 7 heteroatoms. The van der Waals surface area contributed by atoms with Gasteiger partial charge in [0, 0.05) is 0 Å². The van der Waals surface area contributed by atoms with Crippen LogP contribution in [0.5, 0.6) is 0 Å². The number of ketones is 1. The smallest absolute Gasteiger partial charge is 0.314 e. The van der Waals surface area contributed by atoms with Crippen molar-refractivity contribution >= 4 is 27.7 Å². The zero-order valence-electron chi connectivity index (χ0n) is 9.14. The van der Waals surface area contributed by atoms with E-state index in [1.807, 2.05) is 0 Å². The Balaban J connectivity index is 3.34. The Morgan fingerprint density at radius 3 is 2.33 bits per heavy atom. The summed E-state index contributed by atoms with van der Waals surface area (Å²) < 4.78 is 38.8. The lowest BCUT2D eigenvalue weighted by molar-refractivity contribution is -0.140. The topological polar surface area (TPSA) is 54.4 Å². The van der Waals surface area contributed by atoms with Crippen molar-refractivity contribution in [2.45, 2.75) is 13.3 Å². The molecule has 0 saturated heterocycles. The highest BCUT2D eigenvalue weighted by molar-refractivity contribution is 9.10. The lowest BCUT2D eigenvalue weighted by Gasteiger charge is -2.10. The predicted molar refractivity (Wildman–Crippen MR) is 59.8 cm³/mol. The first kappa shape index (κ1) is 14.7. The first-order valence-corrected chi connectivity index (χ1v) is 5.70.